The van der Waals surface area contributed by atoms with E-state index >= 15 is 0 Å². The zero-order valence-electron chi connectivity index (χ0n) is 10.9. The fraction of sp³-hybridized carbons (Fsp3) is 1.00. The predicted molar refractivity (Wildman–Crippen MR) is 65.5 cm³/mol. The molecule has 1 aliphatic heterocycles. The number of nitrogens with one attached hydrogen (secondary N) is 1. The number of hydrogen-bond donors (Lipinski definition) is 1. The summed E-state index contributed by atoms with van der Waals surface area (Å²) in [6, 6.07) is 0. The van der Waals surface area contributed by atoms with Crippen LogP contribution in [0.25, 0.3) is 0 Å². The maximum atomic E-state index is 5.47. The molecule has 16 heavy (non-hydrogen) atoms. The van der Waals surface area contributed by atoms with Gasteiger partial charge in [0.2, 0.25) is 0 Å². The first-order valence-electron chi connectivity index (χ1n) is 6.38. The molecular formula is C12H26N2O2. The van der Waals surface area contributed by atoms with Crippen LogP contribution in [0.4, 0.5) is 0 Å². The molecule has 0 radical (unpaired) electrons. The first-order chi connectivity index (χ1) is 7.76. The van der Waals surface area contributed by atoms with E-state index in [0.717, 1.165) is 19.0 Å². The lowest BCUT2D eigenvalue weighted by molar-refractivity contribution is -0.133. The van der Waals surface area contributed by atoms with Gasteiger partial charge in [-0.3, -0.25) is 0 Å². The molecule has 1 rings (SSSR count). The van der Waals surface area contributed by atoms with Crippen molar-refractivity contribution in [3.63, 3.8) is 0 Å². The lowest BCUT2D eigenvalue weighted by Gasteiger charge is -2.19. The average Bonchev–Trinajstić information content (AvgIpc) is 2.65. The Kier molecular flexibility index (Phi) is 6.96. The molecule has 0 spiro atoms. The van der Waals surface area contributed by atoms with Crippen LogP contribution in [0.5, 0.6) is 0 Å². The summed E-state index contributed by atoms with van der Waals surface area (Å²) in [4.78, 5) is 2.38. The van der Waals surface area contributed by atoms with Crippen LogP contribution in [-0.2, 0) is 9.47 Å². The molecule has 96 valence electrons. The number of hydrogen-bond acceptors (Lipinski definition) is 4. The van der Waals surface area contributed by atoms with E-state index in [-0.39, 0.29) is 6.29 Å². The second-order valence-corrected chi connectivity index (χ2v) is 4.42. The van der Waals surface area contributed by atoms with Crippen LogP contribution in [0.2, 0.25) is 0 Å². The minimum atomic E-state index is -0.0888. The van der Waals surface area contributed by atoms with Crippen molar-refractivity contribution in [1.82, 2.24) is 10.2 Å². The molecule has 1 N–H and O–H groups in total. The Morgan fingerprint density at radius 2 is 2.00 bits per heavy atom. The van der Waals surface area contributed by atoms with Gasteiger partial charge in [0, 0.05) is 26.3 Å². The van der Waals surface area contributed by atoms with Crippen LogP contribution < -0.4 is 5.32 Å². The molecule has 4 nitrogen and oxygen atoms in total. The summed E-state index contributed by atoms with van der Waals surface area (Å²) < 4.78 is 10.9. The van der Waals surface area contributed by atoms with Crippen molar-refractivity contribution in [1.29, 1.82) is 0 Å². The maximum Gasteiger partial charge on any atom is 0.169 e. The largest absolute Gasteiger partial charge is 0.352 e. The molecule has 1 unspecified atom stereocenters. The fourth-order valence-electron chi connectivity index (χ4n) is 2.14. The van der Waals surface area contributed by atoms with Crippen LogP contribution in [0.1, 0.15) is 20.3 Å². The summed E-state index contributed by atoms with van der Waals surface area (Å²) >= 11 is 0. The number of rotatable bonds is 8. The Morgan fingerprint density at radius 3 is 2.50 bits per heavy atom. The highest BCUT2D eigenvalue weighted by Crippen LogP contribution is 2.12. The predicted octanol–water partition coefficient (Wildman–Crippen LogP) is 0.927. The van der Waals surface area contributed by atoms with Gasteiger partial charge in [-0.15, -0.1) is 0 Å². The second-order valence-electron chi connectivity index (χ2n) is 4.42. The van der Waals surface area contributed by atoms with Gasteiger partial charge in [-0.2, -0.15) is 0 Å². The van der Waals surface area contributed by atoms with Gasteiger partial charge in [-0.1, -0.05) is 0 Å². The Hall–Kier alpha value is -0.160. The molecule has 4 heteroatoms. The number of likely N-dealkylation sites (tertiary alicyclic amines) is 1. The van der Waals surface area contributed by atoms with Crippen molar-refractivity contribution >= 4 is 0 Å². The van der Waals surface area contributed by atoms with Crippen molar-refractivity contribution in [2.75, 3.05) is 46.4 Å². The fourth-order valence-corrected chi connectivity index (χ4v) is 2.14. The maximum absolute atomic E-state index is 5.47. The monoisotopic (exact) mass is 230 g/mol. The van der Waals surface area contributed by atoms with Crippen molar-refractivity contribution < 1.29 is 9.47 Å². The SMILES string of the molecule is CCOC(CNCC1CCN(C)C1)OCC. The van der Waals surface area contributed by atoms with E-state index < -0.39 is 0 Å². The van der Waals surface area contributed by atoms with Gasteiger partial charge in [0.1, 0.15) is 0 Å². The standard InChI is InChI=1S/C12H26N2O2/c1-4-15-12(16-5-2)9-13-8-11-6-7-14(3)10-11/h11-13H,4-10H2,1-3H3. The number of nitrogens with zero attached hydrogens (tertiary/aromatic N) is 1. The highest BCUT2D eigenvalue weighted by molar-refractivity contribution is 4.74. The van der Waals surface area contributed by atoms with Gasteiger partial charge < -0.3 is 19.7 Å². The van der Waals surface area contributed by atoms with Gasteiger partial charge in [0.15, 0.2) is 6.29 Å². The third-order valence-corrected chi connectivity index (χ3v) is 2.94. The summed E-state index contributed by atoms with van der Waals surface area (Å²) in [5, 5.41) is 3.44. The Balaban J connectivity index is 2.07. The molecular weight excluding hydrogens is 204 g/mol. The second kappa shape index (κ2) is 8.01. The summed E-state index contributed by atoms with van der Waals surface area (Å²) in [5.41, 5.74) is 0. The van der Waals surface area contributed by atoms with Gasteiger partial charge in [-0.25, -0.2) is 0 Å². The summed E-state index contributed by atoms with van der Waals surface area (Å²) in [5.74, 6) is 0.786. The molecule has 1 heterocycles. The van der Waals surface area contributed by atoms with E-state index in [2.05, 4.69) is 17.3 Å². The van der Waals surface area contributed by atoms with Crippen LogP contribution >= 0.6 is 0 Å². The van der Waals surface area contributed by atoms with Crippen LogP contribution in [0.3, 0.4) is 0 Å². The molecule has 0 aromatic carbocycles. The quantitative estimate of drug-likeness (QED) is 0.629. The molecule has 1 saturated heterocycles. The van der Waals surface area contributed by atoms with Gasteiger partial charge >= 0.3 is 0 Å². The van der Waals surface area contributed by atoms with Crippen molar-refractivity contribution in [3.05, 3.63) is 0 Å². The zero-order chi connectivity index (χ0) is 11.8. The summed E-state index contributed by atoms with van der Waals surface area (Å²) in [6.45, 7) is 9.71. The molecule has 0 bridgehead atoms. The van der Waals surface area contributed by atoms with E-state index in [1.165, 1.54) is 19.5 Å². The molecule has 0 aliphatic carbocycles. The molecule has 0 amide bonds. The van der Waals surface area contributed by atoms with Crippen LogP contribution in [-0.4, -0.2) is 57.6 Å². The lowest BCUT2D eigenvalue weighted by atomic mass is 10.1. The van der Waals surface area contributed by atoms with E-state index in [4.69, 9.17) is 9.47 Å². The summed E-state index contributed by atoms with van der Waals surface area (Å²) in [7, 11) is 2.18. The normalized spacial score (nSPS) is 22.1. The van der Waals surface area contributed by atoms with E-state index in [1.807, 2.05) is 13.8 Å². The molecule has 1 atom stereocenters. The molecule has 1 fully saturated rings. The highest BCUT2D eigenvalue weighted by Gasteiger charge is 2.19. The Bertz CT molecular complexity index is 172. The van der Waals surface area contributed by atoms with Gasteiger partial charge in [0.05, 0.1) is 0 Å². The van der Waals surface area contributed by atoms with E-state index in [0.29, 0.717) is 13.2 Å². The first-order valence-corrected chi connectivity index (χ1v) is 6.38. The number of ether oxygens (including phenoxy) is 2. The third-order valence-electron chi connectivity index (χ3n) is 2.94. The van der Waals surface area contributed by atoms with Crippen molar-refractivity contribution in [2.45, 2.75) is 26.6 Å². The third kappa shape index (κ3) is 5.25. The van der Waals surface area contributed by atoms with Gasteiger partial charge in [0.25, 0.3) is 0 Å². The zero-order valence-corrected chi connectivity index (χ0v) is 10.9. The molecule has 1 aliphatic rings. The minimum Gasteiger partial charge on any atom is -0.352 e. The van der Waals surface area contributed by atoms with Crippen LogP contribution in [0.15, 0.2) is 0 Å². The van der Waals surface area contributed by atoms with E-state index in [1.54, 1.807) is 0 Å². The molecule has 0 aromatic heterocycles. The topological polar surface area (TPSA) is 33.7 Å². The average molecular weight is 230 g/mol. The van der Waals surface area contributed by atoms with E-state index in [9.17, 15) is 0 Å². The summed E-state index contributed by atoms with van der Waals surface area (Å²) in [6.07, 6.45) is 1.21. The highest BCUT2D eigenvalue weighted by atomic mass is 16.7. The lowest BCUT2D eigenvalue weighted by Crippen LogP contribution is -2.35. The molecule has 0 aromatic rings. The first kappa shape index (κ1) is 13.9. The smallest absolute Gasteiger partial charge is 0.169 e. The minimum absolute atomic E-state index is 0.0888. The van der Waals surface area contributed by atoms with Crippen molar-refractivity contribution in [2.24, 2.45) is 5.92 Å². The van der Waals surface area contributed by atoms with Crippen LogP contribution in [0, 0.1) is 5.92 Å². The van der Waals surface area contributed by atoms with Gasteiger partial charge in [-0.05, 0) is 46.3 Å². The van der Waals surface area contributed by atoms with Crippen molar-refractivity contribution in [3.8, 4) is 0 Å². The molecule has 0 saturated carbocycles. The Morgan fingerprint density at radius 1 is 1.31 bits per heavy atom. The Labute approximate surface area is 99.3 Å².